The normalized spacial score (nSPS) is 16.8. The van der Waals surface area contributed by atoms with Crippen LogP contribution in [0.5, 0.6) is 0 Å². The quantitative estimate of drug-likeness (QED) is 0.746. The van der Waals surface area contributed by atoms with E-state index in [-0.39, 0.29) is 0 Å². The van der Waals surface area contributed by atoms with Crippen molar-refractivity contribution < 1.29 is 4.52 Å². The zero-order valence-corrected chi connectivity index (χ0v) is 8.73. The number of aromatic nitrogens is 1. The Morgan fingerprint density at radius 3 is 2.92 bits per heavy atom. The highest BCUT2D eigenvalue weighted by Gasteiger charge is 2.30. The Balaban J connectivity index is 2.26. The van der Waals surface area contributed by atoms with E-state index in [0.29, 0.717) is 5.92 Å². The van der Waals surface area contributed by atoms with E-state index in [1.54, 1.807) is 0 Å². The van der Waals surface area contributed by atoms with Crippen LogP contribution < -0.4 is 0 Å². The van der Waals surface area contributed by atoms with Crippen molar-refractivity contribution in [2.75, 3.05) is 5.33 Å². The van der Waals surface area contributed by atoms with E-state index < -0.39 is 0 Å². The van der Waals surface area contributed by atoms with Crippen LogP contribution in [-0.2, 0) is 6.42 Å². The zero-order valence-electron chi connectivity index (χ0n) is 7.14. The van der Waals surface area contributed by atoms with Crippen LogP contribution in [0.25, 0.3) is 0 Å². The Hall–Kier alpha value is -0.310. The van der Waals surface area contributed by atoms with Gasteiger partial charge in [-0.3, -0.25) is 0 Å². The van der Waals surface area contributed by atoms with Crippen LogP contribution in [0, 0.1) is 6.92 Å². The second-order valence-electron chi connectivity index (χ2n) is 3.32. The summed E-state index contributed by atoms with van der Waals surface area (Å²) in [6.07, 6.45) is 3.63. The van der Waals surface area contributed by atoms with Gasteiger partial charge in [0.05, 0.1) is 5.69 Å². The number of halogens is 1. The minimum Gasteiger partial charge on any atom is -0.361 e. The standard InChI is InChI=1S/C9H12BrNO/c1-6-8(4-5-10)9(11-12-6)7-2-3-7/h7H,2-5H2,1H3. The monoisotopic (exact) mass is 229 g/mol. The molecule has 1 saturated carbocycles. The Labute approximate surface area is 80.4 Å². The number of alkyl halides is 1. The second-order valence-corrected chi connectivity index (χ2v) is 4.11. The van der Waals surface area contributed by atoms with Gasteiger partial charge in [0.1, 0.15) is 5.76 Å². The van der Waals surface area contributed by atoms with Crippen molar-refractivity contribution in [2.24, 2.45) is 0 Å². The highest BCUT2D eigenvalue weighted by molar-refractivity contribution is 9.09. The van der Waals surface area contributed by atoms with Gasteiger partial charge in [0.15, 0.2) is 0 Å². The van der Waals surface area contributed by atoms with E-state index in [4.69, 9.17) is 4.52 Å². The molecule has 0 radical (unpaired) electrons. The van der Waals surface area contributed by atoms with E-state index >= 15 is 0 Å². The number of aryl methyl sites for hydroxylation is 1. The number of hydrogen-bond acceptors (Lipinski definition) is 2. The maximum Gasteiger partial charge on any atom is 0.137 e. The van der Waals surface area contributed by atoms with E-state index in [2.05, 4.69) is 21.1 Å². The van der Waals surface area contributed by atoms with Crippen LogP contribution >= 0.6 is 15.9 Å². The Bertz CT molecular complexity index is 278. The molecule has 12 heavy (non-hydrogen) atoms. The molecular weight excluding hydrogens is 218 g/mol. The number of nitrogens with zero attached hydrogens (tertiary/aromatic N) is 1. The summed E-state index contributed by atoms with van der Waals surface area (Å²) in [6, 6.07) is 0. The predicted octanol–water partition coefficient (Wildman–Crippen LogP) is 2.80. The molecule has 1 aliphatic carbocycles. The molecule has 0 bridgehead atoms. The van der Waals surface area contributed by atoms with Crippen molar-refractivity contribution in [2.45, 2.75) is 32.1 Å². The van der Waals surface area contributed by atoms with Crippen LogP contribution in [-0.4, -0.2) is 10.5 Å². The maximum absolute atomic E-state index is 5.18. The molecule has 1 fully saturated rings. The average molecular weight is 230 g/mol. The van der Waals surface area contributed by atoms with E-state index in [1.165, 1.54) is 24.1 Å². The van der Waals surface area contributed by atoms with Crippen LogP contribution in [0.15, 0.2) is 4.52 Å². The SMILES string of the molecule is Cc1onc(C2CC2)c1CCBr. The summed E-state index contributed by atoms with van der Waals surface area (Å²) < 4.78 is 5.18. The van der Waals surface area contributed by atoms with Crippen molar-refractivity contribution in [3.8, 4) is 0 Å². The summed E-state index contributed by atoms with van der Waals surface area (Å²) in [5.41, 5.74) is 2.54. The van der Waals surface area contributed by atoms with Crippen molar-refractivity contribution in [1.29, 1.82) is 0 Å². The first kappa shape index (κ1) is 8.30. The average Bonchev–Trinajstić information content (AvgIpc) is 2.82. The zero-order chi connectivity index (χ0) is 8.55. The fraction of sp³-hybridized carbons (Fsp3) is 0.667. The molecule has 0 amide bonds. The largest absolute Gasteiger partial charge is 0.361 e. The Morgan fingerprint density at radius 1 is 1.58 bits per heavy atom. The highest BCUT2D eigenvalue weighted by atomic mass is 79.9. The van der Waals surface area contributed by atoms with Crippen molar-refractivity contribution >= 4 is 15.9 Å². The minimum atomic E-state index is 0.705. The second kappa shape index (κ2) is 3.21. The van der Waals surface area contributed by atoms with Crippen LogP contribution in [0.4, 0.5) is 0 Å². The molecule has 0 atom stereocenters. The van der Waals surface area contributed by atoms with E-state index in [1.807, 2.05) is 6.92 Å². The highest BCUT2D eigenvalue weighted by Crippen LogP contribution is 2.41. The van der Waals surface area contributed by atoms with Gasteiger partial charge in [0.2, 0.25) is 0 Å². The molecule has 0 spiro atoms. The van der Waals surface area contributed by atoms with Gasteiger partial charge in [-0.05, 0) is 26.2 Å². The van der Waals surface area contributed by atoms with Gasteiger partial charge in [-0.2, -0.15) is 0 Å². The topological polar surface area (TPSA) is 26.0 Å². The third-order valence-corrected chi connectivity index (χ3v) is 2.72. The summed E-state index contributed by atoms with van der Waals surface area (Å²) in [6.45, 7) is 2.00. The molecular formula is C9H12BrNO. The van der Waals surface area contributed by atoms with Crippen molar-refractivity contribution in [3.05, 3.63) is 17.0 Å². The molecule has 1 aromatic heterocycles. The van der Waals surface area contributed by atoms with Gasteiger partial charge in [0.25, 0.3) is 0 Å². The van der Waals surface area contributed by atoms with Gasteiger partial charge in [-0.15, -0.1) is 0 Å². The predicted molar refractivity (Wildman–Crippen MR) is 50.7 cm³/mol. The summed E-state index contributed by atoms with van der Waals surface area (Å²) >= 11 is 3.44. The molecule has 2 nitrogen and oxygen atoms in total. The third-order valence-electron chi connectivity index (χ3n) is 2.32. The lowest BCUT2D eigenvalue weighted by Gasteiger charge is -1.96. The lowest BCUT2D eigenvalue weighted by Crippen LogP contribution is -1.92. The number of hydrogen-bond donors (Lipinski definition) is 0. The fourth-order valence-electron chi connectivity index (χ4n) is 1.48. The first-order chi connectivity index (χ1) is 5.83. The molecule has 0 N–H and O–H groups in total. The summed E-state index contributed by atoms with van der Waals surface area (Å²) in [5, 5.41) is 5.10. The van der Waals surface area contributed by atoms with Crippen molar-refractivity contribution in [1.82, 2.24) is 5.16 Å². The van der Waals surface area contributed by atoms with Gasteiger partial charge < -0.3 is 4.52 Å². The Kier molecular flexibility index (Phi) is 2.22. The lowest BCUT2D eigenvalue weighted by atomic mass is 10.1. The maximum atomic E-state index is 5.18. The summed E-state index contributed by atoms with van der Waals surface area (Å²) in [4.78, 5) is 0. The number of rotatable bonds is 3. The molecule has 1 heterocycles. The molecule has 1 aliphatic rings. The Morgan fingerprint density at radius 2 is 2.33 bits per heavy atom. The van der Waals surface area contributed by atoms with Gasteiger partial charge >= 0.3 is 0 Å². The molecule has 0 saturated heterocycles. The molecule has 1 aromatic rings. The lowest BCUT2D eigenvalue weighted by molar-refractivity contribution is 0.390. The van der Waals surface area contributed by atoms with E-state index in [9.17, 15) is 0 Å². The summed E-state index contributed by atoms with van der Waals surface area (Å²) in [7, 11) is 0. The fourth-order valence-corrected chi connectivity index (χ4v) is 1.88. The molecule has 3 heteroatoms. The third kappa shape index (κ3) is 1.42. The van der Waals surface area contributed by atoms with Gasteiger partial charge in [-0.1, -0.05) is 21.1 Å². The smallest absolute Gasteiger partial charge is 0.137 e. The minimum absolute atomic E-state index is 0.705. The molecule has 0 unspecified atom stereocenters. The van der Waals surface area contributed by atoms with E-state index in [0.717, 1.165) is 17.5 Å². The van der Waals surface area contributed by atoms with Crippen LogP contribution in [0.2, 0.25) is 0 Å². The van der Waals surface area contributed by atoms with Crippen LogP contribution in [0.3, 0.4) is 0 Å². The first-order valence-corrected chi connectivity index (χ1v) is 5.46. The van der Waals surface area contributed by atoms with Crippen LogP contribution in [0.1, 0.15) is 35.8 Å². The van der Waals surface area contributed by atoms with Gasteiger partial charge in [-0.25, -0.2) is 0 Å². The van der Waals surface area contributed by atoms with Crippen molar-refractivity contribution in [3.63, 3.8) is 0 Å². The summed E-state index contributed by atoms with van der Waals surface area (Å²) in [5.74, 6) is 1.70. The molecule has 2 rings (SSSR count). The molecule has 0 aromatic carbocycles. The first-order valence-electron chi connectivity index (χ1n) is 4.34. The molecule has 0 aliphatic heterocycles. The molecule has 66 valence electrons. The van der Waals surface area contributed by atoms with Gasteiger partial charge in [0, 0.05) is 16.8 Å².